The lowest BCUT2D eigenvalue weighted by molar-refractivity contribution is -0.143. The fourth-order valence-corrected chi connectivity index (χ4v) is 6.39. The van der Waals surface area contributed by atoms with Gasteiger partial charge in [-0.1, -0.05) is 23.8 Å². The normalized spacial score (nSPS) is 24.6. The molecular weight excluding hydrogens is 580 g/mol. The van der Waals surface area contributed by atoms with E-state index in [0.29, 0.717) is 29.9 Å². The van der Waals surface area contributed by atoms with E-state index in [9.17, 15) is 41.0 Å². The first-order valence-corrected chi connectivity index (χ1v) is 13.6. The SMILES string of the molecule is COCC1=C2[C@@H](CC/C(C)=C/c3ccc(O)cc3)OC[C@@H]2[C@@H]2C(=O)N(c3cc(C(F)(F)F)cc(C(F)(F)F)c3)C(=O)[C@@H]2C1. The largest absolute Gasteiger partial charge is 0.508 e. The van der Waals surface area contributed by atoms with Crippen LogP contribution in [0.5, 0.6) is 5.75 Å². The Morgan fingerprint density at radius 1 is 1.00 bits per heavy atom. The standard InChI is InChI=1S/C31H29F6NO5/c1-16(9-17-4-6-22(39)7-5-17)3-8-25-26-18(14-42-2)10-23-27(24(26)15-43-25)29(41)38(28(23)40)21-12-19(30(32,33)34)11-20(13-21)31(35,36)37/h4-7,9,11-13,23-25,27,39H,3,8,10,14-15H2,1-2H3/b16-9+/t23-,24+,25-,27-/m1/s1. The van der Waals surface area contributed by atoms with Crippen LogP contribution in [0.2, 0.25) is 0 Å². The van der Waals surface area contributed by atoms with E-state index in [4.69, 9.17) is 9.47 Å². The number of fused-ring (bicyclic) bond motifs is 3. The minimum atomic E-state index is -5.13. The molecule has 0 unspecified atom stereocenters. The number of allylic oxidation sites excluding steroid dienone is 1. The zero-order chi connectivity index (χ0) is 31.3. The lowest BCUT2D eigenvalue weighted by Gasteiger charge is -2.31. The lowest BCUT2D eigenvalue weighted by atomic mass is 9.69. The number of carbonyl (C=O) groups is 2. The number of halogens is 6. The van der Waals surface area contributed by atoms with Crippen LogP contribution >= 0.6 is 0 Å². The first kappa shape index (κ1) is 30.8. The van der Waals surface area contributed by atoms with Crippen molar-refractivity contribution in [1.82, 2.24) is 0 Å². The molecule has 1 N–H and O–H groups in total. The molecule has 12 heteroatoms. The van der Waals surface area contributed by atoms with Gasteiger partial charge in [0.2, 0.25) is 11.8 Å². The Balaban J connectivity index is 1.43. The van der Waals surface area contributed by atoms with Crippen LogP contribution in [0.4, 0.5) is 32.0 Å². The minimum absolute atomic E-state index is 0.0363. The van der Waals surface area contributed by atoms with E-state index in [1.807, 2.05) is 13.0 Å². The van der Waals surface area contributed by atoms with Crippen LogP contribution in [0.15, 0.2) is 59.2 Å². The number of nitrogens with zero attached hydrogens (tertiary/aromatic N) is 1. The molecule has 5 rings (SSSR count). The van der Waals surface area contributed by atoms with E-state index in [1.165, 1.54) is 7.11 Å². The molecule has 2 fully saturated rings. The molecule has 2 aromatic rings. The van der Waals surface area contributed by atoms with Gasteiger partial charge in [-0.3, -0.25) is 9.59 Å². The number of hydrogen-bond donors (Lipinski definition) is 1. The van der Waals surface area contributed by atoms with E-state index in [2.05, 4.69) is 0 Å². The molecule has 1 aliphatic carbocycles. The average Bonchev–Trinajstić information content (AvgIpc) is 3.46. The molecule has 6 nitrogen and oxygen atoms in total. The third-order valence-electron chi connectivity index (χ3n) is 8.26. The summed E-state index contributed by atoms with van der Waals surface area (Å²) in [7, 11) is 1.47. The monoisotopic (exact) mass is 609 g/mol. The molecule has 0 spiro atoms. The van der Waals surface area contributed by atoms with Crippen molar-refractivity contribution in [3.05, 3.63) is 75.9 Å². The van der Waals surface area contributed by atoms with Crippen molar-refractivity contribution in [3.63, 3.8) is 0 Å². The van der Waals surface area contributed by atoms with Crippen LogP contribution in [-0.2, 0) is 31.4 Å². The summed E-state index contributed by atoms with van der Waals surface area (Å²) in [4.78, 5) is 27.7. The summed E-state index contributed by atoms with van der Waals surface area (Å²) in [6, 6.07) is 7.49. The molecule has 3 aliphatic rings. The quantitative estimate of drug-likeness (QED) is 0.213. The fourth-order valence-electron chi connectivity index (χ4n) is 6.39. The Kier molecular flexibility index (Phi) is 8.21. The summed E-state index contributed by atoms with van der Waals surface area (Å²) in [6.07, 6.45) is -7.44. The van der Waals surface area contributed by atoms with Gasteiger partial charge in [-0.05, 0) is 73.2 Å². The van der Waals surface area contributed by atoms with Crippen LogP contribution in [0, 0.1) is 17.8 Å². The minimum Gasteiger partial charge on any atom is -0.508 e. The van der Waals surface area contributed by atoms with Crippen LogP contribution in [0.1, 0.15) is 42.9 Å². The van der Waals surface area contributed by atoms with E-state index >= 15 is 0 Å². The van der Waals surface area contributed by atoms with Gasteiger partial charge >= 0.3 is 12.4 Å². The first-order chi connectivity index (χ1) is 20.2. The molecule has 0 saturated carbocycles. The summed E-state index contributed by atoms with van der Waals surface area (Å²) in [5.74, 6) is -4.04. The maximum atomic E-state index is 13.7. The second-order valence-electron chi connectivity index (χ2n) is 11.2. The summed E-state index contributed by atoms with van der Waals surface area (Å²) < 4.78 is 92.6. The number of carbonyl (C=O) groups excluding carboxylic acids is 2. The second-order valence-corrected chi connectivity index (χ2v) is 11.2. The van der Waals surface area contributed by atoms with E-state index in [0.717, 1.165) is 22.3 Å². The second kappa shape index (κ2) is 11.5. The topological polar surface area (TPSA) is 76.1 Å². The Morgan fingerprint density at radius 3 is 2.21 bits per heavy atom. The highest BCUT2D eigenvalue weighted by Crippen LogP contribution is 2.51. The summed E-state index contributed by atoms with van der Waals surface area (Å²) in [6.45, 7) is 2.17. The first-order valence-electron chi connectivity index (χ1n) is 13.6. The van der Waals surface area contributed by atoms with Crippen LogP contribution < -0.4 is 4.90 Å². The number of methoxy groups -OCH3 is 1. The number of anilines is 1. The molecule has 2 heterocycles. The summed E-state index contributed by atoms with van der Waals surface area (Å²) >= 11 is 0. The molecular formula is C31H29F6NO5. The predicted octanol–water partition coefficient (Wildman–Crippen LogP) is 6.78. The van der Waals surface area contributed by atoms with Crippen molar-refractivity contribution < 1.29 is 50.5 Å². The van der Waals surface area contributed by atoms with Gasteiger partial charge in [0.25, 0.3) is 0 Å². The highest BCUT2D eigenvalue weighted by atomic mass is 19.4. The summed E-state index contributed by atoms with van der Waals surface area (Å²) in [5, 5.41) is 9.50. The third kappa shape index (κ3) is 6.08. The molecule has 0 radical (unpaired) electrons. The van der Waals surface area contributed by atoms with Crippen molar-refractivity contribution in [2.24, 2.45) is 17.8 Å². The number of rotatable bonds is 7. The number of alkyl halides is 6. The molecule has 43 heavy (non-hydrogen) atoms. The van der Waals surface area contributed by atoms with Gasteiger partial charge in [0.15, 0.2) is 0 Å². The van der Waals surface area contributed by atoms with Crippen LogP contribution in [-0.4, -0.2) is 43.3 Å². The molecule has 230 valence electrons. The molecule has 4 atom stereocenters. The number of amides is 2. The number of ether oxygens (including phenoxy) is 2. The van der Waals surface area contributed by atoms with Gasteiger partial charge in [-0.15, -0.1) is 0 Å². The highest BCUT2D eigenvalue weighted by Gasteiger charge is 2.57. The third-order valence-corrected chi connectivity index (χ3v) is 8.26. The van der Waals surface area contributed by atoms with Gasteiger partial charge in [0.05, 0.1) is 48.0 Å². The van der Waals surface area contributed by atoms with Gasteiger partial charge in [0.1, 0.15) is 5.75 Å². The van der Waals surface area contributed by atoms with Crippen molar-refractivity contribution in [1.29, 1.82) is 0 Å². The number of aromatic hydroxyl groups is 1. The smallest absolute Gasteiger partial charge is 0.416 e. The Labute approximate surface area is 243 Å². The number of hydrogen-bond acceptors (Lipinski definition) is 5. The van der Waals surface area contributed by atoms with Crippen molar-refractivity contribution in [2.45, 2.75) is 44.6 Å². The zero-order valence-corrected chi connectivity index (χ0v) is 23.3. The number of phenols is 1. The molecule has 0 aromatic heterocycles. The Morgan fingerprint density at radius 2 is 1.63 bits per heavy atom. The summed E-state index contributed by atoms with van der Waals surface area (Å²) in [5.41, 5.74) is -0.476. The molecule has 0 bridgehead atoms. The van der Waals surface area contributed by atoms with E-state index < -0.39 is 64.8 Å². The van der Waals surface area contributed by atoms with Crippen LogP contribution in [0.3, 0.4) is 0 Å². The van der Waals surface area contributed by atoms with Crippen molar-refractivity contribution in [2.75, 3.05) is 25.2 Å². The lowest BCUT2D eigenvalue weighted by Crippen LogP contribution is -2.35. The predicted molar refractivity (Wildman–Crippen MR) is 144 cm³/mol. The number of benzene rings is 2. The molecule has 2 aromatic carbocycles. The maximum Gasteiger partial charge on any atom is 0.416 e. The number of imide groups is 1. The van der Waals surface area contributed by atoms with Crippen molar-refractivity contribution in [3.8, 4) is 5.75 Å². The average molecular weight is 610 g/mol. The van der Waals surface area contributed by atoms with Gasteiger partial charge < -0.3 is 14.6 Å². The maximum absolute atomic E-state index is 13.7. The van der Waals surface area contributed by atoms with E-state index in [-0.39, 0.29) is 31.5 Å². The Bertz CT molecular complexity index is 1440. The fraction of sp³-hybridized carbons (Fsp3) is 0.419. The van der Waals surface area contributed by atoms with Gasteiger partial charge in [0, 0.05) is 13.0 Å². The highest BCUT2D eigenvalue weighted by molar-refractivity contribution is 6.22. The van der Waals surface area contributed by atoms with Gasteiger partial charge in [-0.2, -0.15) is 26.3 Å². The number of phenolic OH excluding ortho intramolecular Hbond substituents is 1. The van der Waals surface area contributed by atoms with Crippen molar-refractivity contribution >= 4 is 23.6 Å². The van der Waals surface area contributed by atoms with Gasteiger partial charge in [-0.25, -0.2) is 4.90 Å². The molecule has 2 amide bonds. The molecule has 2 aliphatic heterocycles. The van der Waals surface area contributed by atoms with E-state index in [1.54, 1.807) is 24.3 Å². The Hall–Kier alpha value is -3.64. The zero-order valence-electron chi connectivity index (χ0n) is 23.3. The molecule has 2 saturated heterocycles. The van der Waals surface area contributed by atoms with Crippen LogP contribution in [0.25, 0.3) is 6.08 Å².